The van der Waals surface area contributed by atoms with Crippen molar-refractivity contribution < 1.29 is 4.79 Å². The second-order valence-corrected chi connectivity index (χ2v) is 5.13. The molecule has 0 saturated heterocycles. The number of amides is 1. The first-order valence-corrected chi connectivity index (χ1v) is 6.98. The van der Waals surface area contributed by atoms with E-state index in [0.29, 0.717) is 6.54 Å². The number of carbonyl (C=O) groups excluding carboxylic acids is 1. The van der Waals surface area contributed by atoms with E-state index >= 15 is 0 Å². The third kappa shape index (κ3) is 5.04. The Bertz CT molecular complexity index is 380. The predicted octanol–water partition coefficient (Wildman–Crippen LogP) is 2.33. The topological polar surface area (TPSA) is 41.1 Å². The first-order valence-electron chi connectivity index (χ1n) is 5.90. The average Bonchev–Trinajstić information content (AvgIpc) is 2.32. The molecule has 0 fully saturated rings. The molecule has 0 spiro atoms. The summed E-state index contributed by atoms with van der Waals surface area (Å²) < 4.78 is 1.12. The van der Waals surface area contributed by atoms with Crippen molar-refractivity contribution >= 4 is 28.5 Å². The Morgan fingerprint density at radius 3 is 2.71 bits per heavy atom. The molecule has 1 aromatic rings. The smallest absolute Gasteiger partial charge is 0.251 e. The molecule has 1 amide bonds. The van der Waals surface area contributed by atoms with Crippen LogP contribution < -0.4 is 10.6 Å². The van der Waals surface area contributed by atoms with Crippen molar-refractivity contribution in [3.8, 4) is 0 Å². The Hall–Kier alpha value is -0.620. The van der Waals surface area contributed by atoms with Crippen LogP contribution in [0.4, 0.5) is 0 Å². The fraction of sp³-hybridized carbons (Fsp3) is 0.462. The summed E-state index contributed by atoms with van der Waals surface area (Å²) in [6.45, 7) is 6.65. The molecule has 0 bridgehead atoms. The summed E-state index contributed by atoms with van der Waals surface area (Å²) >= 11 is 2.25. The molecule has 0 aromatic heterocycles. The largest absolute Gasteiger partial charge is 0.351 e. The van der Waals surface area contributed by atoms with E-state index in [1.807, 2.05) is 25.1 Å². The SMILES string of the molecule is CCCNCCNC(=O)c1ccc(C)c(I)c1. The normalized spacial score (nSPS) is 10.3. The number of carbonyl (C=O) groups is 1. The summed E-state index contributed by atoms with van der Waals surface area (Å²) in [5.41, 5.74) is 1.93. The highest BCUT2D eigenvalue weighted by atomic mass is 127. The number of hydrogen-bond acceptors (Lipinski definition) is 2. The van der Waals surface area contributed by atoms with Crippen LogP contribution in [0.5, 0.6) is 0 Å². The second kappa shape index (κ2) is 7.66. The monoisotopic (exact) mass is 346 g/mol. The molecule has 0 heterocycles. The van der Waals surface area contributed by atoms with E-state index in [1.54, 1.807) is 0 Å². The number of nitrogens with one attached hydrogen (secondary N) is 2. The highest BCUT2D eigenvalue weighted by Gasteiger charge is 2.05. The molecule has 1 aromatic carbocycles. The lowest BCUT2D eigenvalue weighted by atomic mass is 10.1. The summed E-state index contributed by atoms with van der Waals surface area (Å²) in [7, 11) is 0. The standard InChI is InChI=1S/C13H19IN2O/c1-3-6-15-7-8-16-13(17)11-5-4-10(2)12(14)9-11/h4-5,9,15H,3,6-8H2,1-2H3,(H,16,17). The Labute approximate surface area is 117 Å². The number of aryl methyl sites for hydroxylation is 1. The van der Waals surface area contributed by atoms with Crippen molar-refractivity contribution in [1.82, 2.24) is 10.6 Å². The maximum atomic E-state index is 11.8. The lowest BCUT2D eigenvalue weighted by Crippen LogP contribution is -2.32. The first-order chi connectivity index (χ1) is 8.15. The van der Waals surface area contributed by atoms with Gasteiger partial charge in [0.1, 0.15) is 0 Å². The van der Waals surface area contributed by atoms with Gasteiger partial charge in [-0.15, -0.1) is 0 Å². The van der Waals surface area contributed by atoms with Gasteiger partial charge >= 0.3 is 0 Å². The summed E-state index contributed by atoms with van der Waals surface area (Å²) in [5, 5.41) is 6.15. The van der Waals surface area contributed by atoms with Crippen LogP contribution in [-0.2, 0) is 0 Å². The van der Waals surface area contributed by atoms with Crippen molar-refractivity contribution in [1.29, 1.82) is 0 Å². The fourth-order valence-corrected chi connectivity index (χ4v) is 1.92. The van der Waals surface area contributed by atoms with Gasteiger partial charge in [-0.2, -0.15) is 0 Å². The van der Waals surface area contributed by atoms with Gasteiger partial charge in [-0.05, 0) is 60.2 Å². The predicted molar refractivity (Wildman–Crippen MR) is 79.4 cm³/mol. The molecule has 0 aliphatic heterocycles. The van der Waals surface area contributed by atoms with Gasteiger partial charge in [-0.1, -0.05) is 13.0 Å². The van der Waals surface area contributed by atoms with Crippen LogP contribution in [0.1, 0.15) is 29.3 Å². The summed E-state index contributed by atoms with van der Waals surface area (Å²) in [5.74, 6) is 0.00112. The Kier molecular flexibility index (Phi) is 6.50. The van der Waals surface area contributed by atoms with Crippen LogP contribution in [0.2, 0.25) is 0 Å². The molecule has 1 rings (SSSR count). The van der Waals surface area contributed by atoms with Gasteiger partial charge in [0.25, 0.3) is 5.91 Å². The zero-order chi connectivity index (χ0) is 12.7. The van der Waals surface area contributed by atoms with Gasteiger partial charge in [-0.3, -0.25) is 4.79 Å². The molecule has 2 N–H and O–H groups in total. The number of benzene rings is 1. The molecular formula is C13H19IN2O. The Balaban J connectivity index is 2.39. The van der Waals surface area contributed by atoms with E-state index in [-0.39, 0.29) is 5.91 Å². The number of halogens is 1. The van der Waals surface area contributed by atoms with Crippen LogP contribution >= 0.6 is 22.6 Å². The van der Waals surface area contributed by atoms with Gasteiger partial charge in [0, 0.05) is 22.2 Å². The van der Waals surface area contributed by atoms with Crippen molar-refractivity contribution in [2.75, 3.05) is 19.6 Å². The number of rotatable bonds is 6. The quantitative estimate of drug-likeness (QED) is 0.613. The first kappa shape index (κ1) is 14.4. The number of hydrogen-bond donors (Lipinski definition) is 2. The van der Waals surface area contributed by atoms with Crippen molar-refractivity contribution in [2.45, 2.75) is 20.3 Å². The third-order valence-corrected chi connectivity index (χ3v) is 3.61. The Morgan fingerprint density at radius 2 is 2.06 bits per heavy atom. The average molecular weight is 346 g/mol. The van der Waals surface area contributed by atoms with Gasteiger partial charge in [0.2, 0.25) is 0 Å². The zero-order valence-electron chi connectivity index (χ0n) is 10.3. The minimum atomic E-state index is 0.00112. The van der Waals surface area contributed by atoms with Crippen LogP contribution in [0.3, 0.4) is 0 Å². The fourth-order valence-electron chi connectivity index (χ4n) is 1.40. The molecule has 0 aliphatic rings. The van der Waals surface area contributed by atoms with Gasteiger partial charge in [-0.25, -0.2) is 0 Å². The highest BCUT2D eigenvalue weighted by Crippen LogP contribution is 2.13. The second-order valence-electron chi connectivity index (χ2n) is 3.97. The van der Waals surface area contributed by atoms with E-state index in [4.69, 9.17) is 0 Å². The third-order valence-electron chi connectivity index (χ3n) is 2.45. The highest BCUT2D eigenvalue weighted by molar-refractivity contribution is 14.1. The molecule has 0 atom stereocenters. The molecule has 3 nitrogen and oxygen atoms in total. The van der Waals surface area contributed by atoms with Crippen LogP contribution in [0.25, 0.3) is 0 Å². The van der Waals surface area contributed by atoms with Crippen LogP contribution in [0.15, 0.2) is 18.2 Å². The molecule has 0 unspecified atom stereocenters. The molecule has 94 valence electrons. The van der Waals surface area contributed by atoms with E-state index in [1.165, 1.54) is 5.56 Å². The maximum absolute atomic E-state index is 11.8. The zero-order valence-corrected chi connectivity index (χ0v) is 12.5. The van der Waals surface area contributed by atoms with Crippen LogP contribution in [-0.4, -0.2) is 25.5 Å². The lowest BCUT2D eigenvalue weighted by molar-refractivity contribution is 0.0954. The van der Waals surface area contributed by atoms with Crippen molar-refractivity contribution in [3.05, 3.63) is 32.9 Å². The maximum Gasteiger partial charge on any atom is 0.251 e. The molecule has 17 heavy (non-hydrogen) atoms. The molecule has 0 radical (unpaired) electrons. The summed E-state index contributed by atoms with van der Waals surface area (Å²) in [4.78, 5) is 11.8. The lowest BCUT2D eigenvalue weighted by Gasteiger charge is -2.07. The molecular weight excluding hydrogens is 327 g/mol. The Morgan fingerprint density at radius 1 is 1.29 bits per heavy atom. The van der Waals surface area contributed by atoms with E-state index in [9.17, 15) is 4.79 Å². The molecule has 4 heteroatoms. The van der Waals surface area contributed by atoms with Gasteiger partial charge in [0.15, 0.2) is 0 Å². The molecule has 0 saturated carbocycles. The van der Waals surface area contributed by atoms with Crippen molar-refractivity contribution in [3.63, 3.8) is 0 Å². The van der Waals surface area contributed by atoms with Crippen LogP contribution in [0, 0.1) is 10.5 Å². The van der Waals surface area contributed by atoms with Gasteiger partial charge in [0.05, 0.1) is 0 Å². The van der Waals surface area contributed by atoms with Crippen molar-refractivity contribution in [2.24, 2.45) is 0 Å². The van der Waals surface area contributed by atoms with E-state index < -0.39 is 0 Å². The molecule has 0 aliphatic carbocycles. The summed E-state index contributed by atoms with van der Waals surface area (Å²) in [6, 6.07) is 5.77. The summed E-state index contributed by atoms with van der Waals surface area (Å²) in [6.07, 6.45) is 1.12. The minimum Gasteiger partial charge on any atom is -0.351 e. The minimum absolute atomic E-state index is 0.00112. The van der Waals surface area contributed by atoms with E-state index in [0.717, 1.165) is 28.6 Å². The van der Waals surface area contributed by atoms with E-state index in [2.05, 4.69) is 40.1 Å². The van der Waals surface area contributed by atoms with Gasteiger partial charge < -0.3 is 10.6 Å².